The molecule has 0 spiro atoms. The molecule has 0 rings (SSSR count). The topological polar surface area (TPSA) is 23.8 Å². The SMILES string of the molecule is [C-]#N.[CH-]=C.[Cu+2]. The van der Waals surface area contributed by atoms with E-state index in [2.05, 4.69) is 13.2 Å². The maximum absolute atomic E-state index is 6.25. The maximum Gasteiger partial charge on any atom is 2.00 e. The summed E-state index contributed by atoms with van der Waals surface area (Å²) in [6, 6.07) is 0. The molecule has 0 aromatic heterocycles. The van der Waals surface area contributed by atoms with Crippen LogP contribution < -0.4 is 0 Å². The van der Waals surface area contributed by atoms with Crippen LogP contribution in [0.25, 0.3) is 0 Å². The van der Waals surface area contributed by atoms with Crippen LogP contribution in [0.1, 0.15) is 0 Å². The van der Waals surface area contributed by atoms with E-state index in [0.29, 0.717) is 0 Å². The normalized spacial score (nSPS) is 1.20. The van der Waals surface area contributed by atoms with Crippen LogP contribution >= 0.6 is 0 Å². The Morgan fingerprint density at radius 2 is 1.40 bits per heavy atom. The van der Waals surface area contributed by atoms with Crippen molar-refractivity contribution in [2.45, 2.75) is 0 Å². The summed E-state index contributed by atoms with van der Waals surface area (Å²) in [7, 11) is 0. The Balaban J connectivity index is -0.0000000133. The van der Waals surface area contributed by atoms with Crippen LogP contribution in [0.5, 0.6) is 0 Å². The molecule has 0 aliphatic rings. The Hall–Kier alpha value is -0.251. The quantitative estimate of drug-likeness (QED) is 0.338. The molecule has 1 radical (unpaired) electrons. The fourth-order valence-electron chi connectivity index (χ4n) is 0. The minimum atomic E-state index is 0. The predicted octanol–water partition coefficient (Wildman–Crippen LogP) is 0.699. The molecule has 31 valence electrons. The first kappa shape index (κ1) is 21.8. The Labute approximate surface area is 42.8 Å². The minimum absolute atomic E-state index is 0. The molecule has 0 N–H and O–H groups in total. The van der Waals surface area contributed by atoms with E-state index in [9.17, 15) is 0 Å². The van der Waals surface area contributed by atoms with Crippen molar-refractivity contribution in [3.05, 3.63) is 19.7 Å². The van der Waals surface area contributed by atoms with Crippen molar-refractivity contribution < 1.29 is 17.1 Å². The largest absolute Gasteiger partial charge is 2.00 e. The Morgan fingerprint density at radius 3 is 1.40 bits per heavy atom. The van der Waals surface area contributed by atoms with E-state index in [-0.39, 0.29) is 17.1 Å². The van der Waals surface area contributed by atoms with Gasteiger partial charge in [-0.25, -0.2) is 0 Å². The minimum Gasteiger partial charge on any atom is -0.521 e. The standard InChI is InChI=1S/C2H3.CN.Cu/c2*1-2;/h1H,2H2;;/q2*-1;+2. The van der Waals surface area contributed by atoms with Crippen LogP contribution in [0.4, 0.5) is 0 Å². The van der Waals surface area contributed by atoms with Crippen molar-refractivity contribution in [2.24, 2.45) is 0 Å². The molecule has 0 atom stereocenters. The third kappa shape index (κ3) is 183. The van der Waals surface area contributed by atoms with Gasteiger partial charge < -0.3 is 18.4 Å². The predicted molar refractivity (Wildman–Crippen MR) is 14.9 cm³/mol. The molecular formula is C3H3CuN. The summed E-state index contributed by atoms with van der Waals surface area (Å²) in [5.74, 6) is 0. The second-order valence-corrected chi connectivity index (χ2v) is 0. The molecule has 2 heteroatoms. The van der Waals surface area contributed by atoms with Gasteiger partial charge in [0, 0.05) is 0 Å². The van der Waals surface area contributed by atoms with E-state index >= 15 is 0 Å². The van der Waals surface area contributed by atoms with Gasteiger partial charge in [-0.2, -0.15) is 0 Å². The average molecular weight is 117 g/mol. The van der Waals surface area contributed by atoms with E-state index in [4.69, 9.17) is 11.8 Å². The molecule has 5 heavy (non-hydrogen) atoms. The van der Waals surface area contributed by atoms with Gasteiger partial charge in [0.2, 0.25) is 0 Å². The average Bonchev–Trinajstić information content (AvgIpc) is 1.50. The van der Waals surface area contributed by atoms with Gasteiger partial charge in [-0.15, -0.1) is 0 Å². The Bertz CT molecular complexity index is 18.1. The molecule has 0 aromatic carbocycles. The van der Waals surface area contributed by atoms with Gasteiger partial charge in [0.05, 0.1) is 0 Å². The molecule has 0 amide bonds. The summed E-state index contributed by atoms with van der Waals surface area (Å²) in [6.07, 6.45) is 0. The van der Waals surface area contributed by atoms with Gasteiger partial charge in [0.25, 0.3) is 0 Å². The summed E-state index contributed by atoms with van der Waals surface area (Å²) < 4.78 is 0. The van der Waals surface area contributed by atoms with Crippen LogP contribution in [0.3, 0.4) is 0 Å². The Kier molecular flexibility index (Phi) is 1970. The van der Waals surface area contributed by atoms with Crippen LogP contribution in [0.15, 0.2) is 6.58 Å². The number of rotatable bonds is 0. The maximum atomic E-state index is 6.25. The summed E-state index contributed by atoms with van der Waals surface area (Å²) in [5.41, 5.74) is 0. The summed E-state index contributed by atoms with van der Waals surface area (Å²) in [6.45, 7) is 11.8. The molecule has 0 bridgehead atoms. The van der Waals surface area contributed by atoms with Gasteiger partial charge in [-0.1, -0.05) is 0 Å². The summed E-state index contributed by atoms with van der Waals surface area (Å²) >= 11 is 0. The second kappa shape index (κ2) is 452. The molecule has 1 nitrogen and oxygen atoms in total. The first-order chi connectivity index (χ1) is 2.00. The van der Waals surface area contributed by atoms with E-state index < -0.39 is 0 Å². The molecule has 0 heterocycles. The van der Waals surface area contributed by atoms with Crippen molar-refractivity contribution in [2.75, 3.05) is 0 Å². The Morgan fingerprint density at radius 1 is 1.40 bits per heavy atom. The van der Waals surface area contributed by atoms with Crippen LogP contribution in [-0.2, 0) is 17.1 Å². The van der Waals surface area contributed by atoms with Crippen LogP contribution in [-0.4, -0.2) is 0 Å². The first-order valence-electron chi connectivity index (χ1n) is 0.632. The molecule has 0 unspecified atom stereocenters. The molecule has 0 aliphatic heterocycles. The zero-order chi connectivity index (χ0) is 4.00. The fourth-order valence-corrected chi connectivity index (χ4v) is 0. The van der Waals surface area contributed by atoms with E-state index in [1.165, 1.54) is 0 Å². The number of hydrogen-bond acceptors (Lipinski definition) is 1. The van der Waals surface area contributed by atoms with E-state index in [1.807, 2.05) is 0 Å². The summed E-state index contributed by atoms with van der Waals surface area (Å²) in [5, 5.41) is 6.25. The molecule has 0 aromatic rings. The van der Waals surface area contributed by atoms with E-state index in [1.54, 1.807) is 0 Å². The first-order valence-corrected chi connectivity index (χ1v) is 0.632. The third-order valence-electron chi connectivity index (χ3n) is 0. The van der Waals surface area contributed by atoms with Crippen LogP contribution in [0, 0.1) is 18.4 Å². The van der Waals surface area contributed by atoms with Crippen molar-refractivity contribution in [3.8, 4) is 0 Å². The zero-order valence-electron chi connectivity index (χ0n) is 2.53. The molecule has 0 fully saturated rings. The van der Waals surface area contributed by atoms with Crippen molar-refractivity contribution in [1.82, 2.24) is 0 Å². The molecule has 0 aliphatic carbocycles. The van der Waals surface area contributed by atoms with Gasteiger partial charge >= 0.3 is 17.1 Å². The summed E-state index contributed by atoms with van der Waals surface area (Å²) in [4.78, 5) is 0. The number of nitrogens with zero attached hydrogens (tertiary/aromatic N) is 1. The fraction of sp³-hybridized carbons (Fsp3) is 0. The number of hydrogen-bond donors (Lipinski definition) is 0. The van der Waals surface area contributed by atoms with Crippen molar-refractivity contribution >= 4 is 0 Å². The van der Waals surface area contributed by atoms with Crippen molar-refractivity contribution in [1.29, 1.82) is 5.26 Å². The second-order valence-electron chi connectivity index (χ2n) is 0. The van der Waals surface area contributed by atoms with Crippen molar-refractivity contribution in [3.63, 3.8) is 0 Å². The van der Waals surface area contributed by atoms with Crippen LogP contribution in [0.2, 0.25) is 0 Å². The van der Waals surface area contributed by atoms with Gasteiger partial charge in [-0.05, 0) is 0 Å². The smallest absolute Gasteiger partial charge is 0.521 e. The van der Waals surface area contributed by atoms with E-state index in [0.717, 1.165) is 0 Å². The monoisotopic (exact) mass is 116 g/mol. The van der Waals surface area contributed by atoms with Gasteiger partial charge in [0.15, 0.2) is 0 Å². The molecule has 0 saturated carbocycles. The van der Waals surface area contributed by atoms with Gasteiger partial charge in [0.1, 0.15) is 0 Å². The molecule has 0 saturated heterocycles. The molecular weight excluding hydrogens is 114 g/mol. The third-order valence-corrected chi connectivity index (χ3v) is 0. The zero-order valence-corrected chi connectivity index (χ0v) is 3.47. The van der Waals surface area contributed by atoms with Gasteiger partial charge in [-0.3, -0.25) is 6.58 Å².